The van der Waals surface area contributed by atoms with E-state index in [0.29, 0.717) is 6.61 Å². The zero-order valence-electron chi connectivity index (χ0n) is 13.9. The summed E-state index contributed by atoms with van der Waals surface area (Å²) in [4.78, 5) is 36.0. The second kappa shape index (κ2) is 8.49. The first kappa shape index (κ1) is 17.9. The van der Waals surface area contributed by atoms with E-state index < -0.39 is 6.04 Å². The molecule has 2 saturated heterocycles. The van der Waals surface area contributed by atoms with E-state index in [1.54, 1.807) is 0 Å². The van der Waals surface area contributed by atoms with Crippen LogP contribution >= 0.6 is 11.8 Å². The first-order chi connectivity index (χ1) is 12.1. The fraction of sp³-hybridized carbons (Fsp3) is 0.500. The Labute approximate surface area is 151 Å². The lowest BCUT2D eigenvalue weighted by molar-refractivity contribution is -0.134. The molecule has 2 amide bonds. The molecule has 0 aromatic heterocycles. The third-order valence-electron chi connectivity index (χ3n) is 4.34. The number of Topliss-reactive ketones (excluding diaryl/α,β-unsaturated/α-hetero) is 1. The van der Waals surface area contributed by atoms with Crippen molar-refractivity contribution in [1.29, 1.82) is 0 Å². The second-order valence-corrected chi connectivity index (χ2v) is 7.40. The Morgan fingerprint density at radius 2 is 2.04 bits per heavy atom. The summed E-state index contributed by atoms with van der Waals surface area (Å²) in [5.41, 5.74) is 0.897. The van der Waals surface area contributed by atoms with Gasteiger partial charge in [0.1, 0.15) is 17.5 Å². The van der Waals surface area contributed by atoms with Crippen molar-refractivity contribution in [3.63, 3.8) is 0 Å². The number of benzene rings is 1. The van der Waals surface area contributed by atoms with Crippen molar-refractivity contribution in [3.8, 4) is 0 Å². The van der Waals surface area contributed by atoms with Crippen LogP contribution in [-0.2, 0) is 25.5 Å². The molecular formula is C18H22N2O4S. The van der Waals surface area contributed by atoms with Gasteiger partial charge in [-0.05, 0) is 24.8 Å². The van der Waals surface area contributed by atoms with Gasteiger partial charge in [0.25, 0.3) is 0 Å². The van der Waals surface area contributed by atoms with Crippen molar-refractivity contribution < 1.29 is 19.1 Å². The van der Waals surface area contributed by atoms with Crippen molar-refractivity contribution in [2.75, 3.05) is 12.4 Å². The van der Waals surface area contributed by atoms with Crippen molar-refractivity contribution in [2.24, 2.45) is 0 Å². The Hall–Kier alpha value is -1.86. The van der Waals surface area contributed by atoms with E-state index in [9.17, 15) is 14.4 Å². The molecule has 0 spiro atoms. The average Bonchev–Trinajstić information content (AvgIpc) is 2.64. The third-order valence-corrected chi connectivity index (χ3v) is 5.54. The number of thioether (sulfide) groups is 1. The molecule has 1 aromatic carbocycles. The molecule has 0 saturated carbocycles. The van der Waals surface area contributed by atoms with Gasteiger partial charge in [0.05, 0.1) is 12.2 Å². The number of carbonyl (C=O) groups is 3. The molecule has 2 N–H and O–H groups in total. The highest BCUT2D eigenvalue weighted by molar-refractivity contribution is 8.00. The topological polar surface area (TPSA) is 84.5 Å². The number of ketones is 1. The average molecular weight is 362 g/mol. The third kappa shape index (κ3) is 4.83. The van der Waals surface area contributed by atoms with E-state index in [1.807, 2.05) is 30.3 Å². The molecule has 2 heterocycles. The van der Waals surface area contributed by atoms with Crippen LogP contribution in [0.25, 0.3) is 0 Å². The van der Waals surface area contributed by atoms with E-state index >= 15 is 0 Å². The van der Waals surface area contributed by atoms with E-state index in [0.717, 1.165) is 24.8 Å². The van der Waals surface area contributed by atoms with Gasteiger partial charge in [-0.3, -0.25) is 14.4 Å². The molecule has 3 rings (SSSR count). The molecular weight excluding hydrogens is 340 g/mol. The molecule has 1 aromatic rings. The van der Waals surface area contributed by atoms with Gasteiger partial charge in [-0.2, -0.15) is 0 Å². The maximum atomic E-state index is 12.1. The summed E-state index contributed by atoms with van der Waals surface area (Å²) >= 11 is 1.35. The van der Waals surface area contributed by atoms with Gasteiger partial charge < -0.3 is 15.4 Å². The number of rotatable bonds is 7. The van der Waals surface area contributed by atoms with E-state index in [4.69, 9.17) is 4.74 Å². The Balaban J connectivity index is 1.44. The van der Waals surface area contributed by atoms with Crippen molar-refractivity contribution in [3.05, 3.63) is 35.9 Å². The quantitative estimate of drug-likeness (QED) is 0.708. The number of β-lactam (4-membered cyclic amide) rings is 1. The largest absolute Gasteiger partial charge is 0.370 e. The van der Waals surface area contributed by atoms with Crippen LogP contribution in [0.4, 0.5) is 0 Å². The summed E-state index contributed by atoms with van der Waals surface area (Å²) in [5.74, 6) is -0.0696. The van der Waals surface area contributed by atoms with Crippen molar-refractivity contribution in [1.82, 2.24) is 10.6 Å². The van der Waals surface area contributed by atoms with Crippen LogP contribution in [-0.4, -0.2) is 47.5 Å². The maximum Gasteiger partial charge on any atom is 0.246 e. The lowest BCUT2D eigenvalue weighted by Gasteiger charge is -2.36. The van der Waals surface area contributed by atoms with Crippen LogP contribution in [0.2, 0.25) is 0 Å². The molecule has 25 heavy (non-hydrogen) atoms. The van der Waals surface area contributed by atoms with Crippen LogP contribution in [0, 0.1) is 0 Å². The van der Waals surface area contributed by atoms with Gasteiger partial charge >= 0.3 is 0 Å². The Morgan fingerprint density at radius 1 is 1.24 bits per heavy atom. The molecule has 0 radical (unpaired) electrons. The minimum absolute atomic E-state index is 0.0558. The van der Waals surface area contributed by atoms with Gasteiger partial charge in [0, 0.05) is 6.61 Å². The van der Waals surface area contributed by atoms with Gasteiger partial charge in [0.2, 0.25) is 11.8 Å². The number of hydrogen-bond acceptors (Lipinski definition) is 5. The minimum Gasteiger partial charge on any atom is -0.370 e. The second-order valence-electron chi connectivity index (χ2n) is 6.27. The van der Waals surface area contributed by atoms with E-state index in [-0.39, 0.29) is 41.2 Å². The van der Waals surface area contributed by atoms with Crippen LogP contribution in [0.1, 0.15) is 24.8 Å². The predicted molar refractivity (Wildman–Crippen MR) is 95.1 cm³/mol. The predicted octanol–water partition coefficient (Wildman–Crippen LogP) is 1.04. The number of carbonyl (C=O) groups excluding carboxylic acids is 3. The Morgan fingerprint density at radius 3 is 2.72 bits per heavy atom. The highest BCUT2D eigenvalue weighted by atomic mass is 32.2. The first-order valence-corrected chi connectivity index (χ1v) is 9.58. The molecule has 7 heteroatoms. The molecule has 6 nitrogen and oxygen atoms in total. The summed E-state index contributed by atoms with van der Waals surface area (Å²) in [6.45, 7) is 0.638. The van der Waals surface area contributed by atoms with Crippen LogP contribution in [0.3, 0.4) is 0 Å². The highest BCUT2D eigenvalue weighted by Crippen LogP contribution is 2.22. The van der Waals surface area contributed by atoms with E-state index in [1.165, 1.54) is 11.8 Å². The van der Waals surface area contributed by atoms with Crippen molar-refractivity contribution >= 4 is 29.4 Å². The number of amides is 2. The zero-order chi connectivity index (χ0) is 17.6. The molecule has 2 fully saturated rings. The first-order valence-electron chi connectivity index (χ1n) is 8.53. The van der Waals surface area contributed by atoms with Gasteiger partial charge in [0.15, 0.2) is 5.78 Å². The molecule has 2 aliphatic heterocycles. The summed E-state index contributed by atoms with van der Waals surface area (Å²) in [6.07, 6.45) is 2.71. The van der Waals surface area contributed by atoms with Gasteiger partial charge in [-0.1, -0.05) is 30.3 Å². The summed E-state index contributed by atoms with van der Waals surface area (Å²) in [7, 11) is 0. The number of nitrogens with one attached hydrogen (secondary N) is 2. The monoisotopic (exact) mass is 362 g/mol. The van der Waals surface area contributed by atoms with Crippen LogP contribution < -0.4 is 10.6 Å². The van der Waals surface area contributed by atoms with E-state index in [2.05, 4.69) is 10.6 Å². The standard InChI is InChI=1S/C18H22N2O4S/c21-13(14-8-4-5-9-24-14)11-25-18-16(17(23)20-18)19-15(22)10-12-6-2-1-3-7-12/h1-3,6-7,14,16,18H,4-5,8-11H2,(H,19,22)(H,20,23)/t14-,16+,18+/m0/s1. The fourth-order valence-electron chi connectivity index (χ4n) is 2.90. The van der Waals surface area contributed by atoms with Gasteiger partial charge in [-0.25, -0.2) is 0 Å². The lowest BCUT2D eigenvalue weighted by Crippen LogP contribution is -2.68. The normalized spacial score (nSPS) is 25.6. The summed E-state index contributed by atoms with van der Waals surface area (Å²) < 4.78 is 5.48. The maximum absolute atomic E-state index is 12.1. The van der Waals surface area contributed by atoms with Crippen LogP contribution in [0.5, 0.6) is 0 Å². The Bertz CT molecular complexity index is 631. The summed E-state index contributed by atoms with van der Waals surface area (Å²) in [6, 6.07) is 8.79. The SMILES string of the molecule is O=C(Cc1ccccc1)N[C@@H]1C(=O)N[C@@H]1SCC(=O)[C@@H]1CCCCO1. The summed E-state index contributed by atoms with van der Waals surface area (Å²) in [5, 5.41) is 5.23. The smallest absolute Gasteiger partial charge is 0.246 e. The lowest BCUT2D eigenvalue weighted by atomic mass is 10.1. The number of hydrogen-bond donors (Lipinski definition) is 2. The molecule has 134 valence electrons. The number of ether oxygens (including phenoxy) is 1. The van der Waals surface area contributed by atoms with Crippen molar-refractivity contribution in [2.45, 2.75) is 43.2 Å². The molecule has 0 unspecified atom stereocenters. The van der Waals surface area contributed by atoms with Gasteiger partial charge in [-0.15, -0.1) is 11.8 Å². The minimum atomic E-state index is -0.582. The molecule has 0 bridgehead atoms. The molecule has 2 aliphatic rings. The zero-order valence-corrected chi connectivity index (χ0v) is 14.7. The highest BCUT2D eigenvalue weighted by Gasteiger charge is 2.41. The molecule has 3 atom stereocenters. The fourth-order valence-corrected chi connectivity index (χ4v) is 4.01. The van der Waals surface area contributed by atoms with Crippen LogP contribution in [0.15, 0.2) is 30.3 Å². The Kier molecular flexibility index (Phi) is 6.09. The molecule has 0 aliphatic carbocycles.